The lowest BCUT2D eigenvalue weighted by Gasteiger charge is -2.27. The summed E-state index contributed by atoms with van der Waals surface area (Å²) in [6.07, 6.45) is 6.40. The Bertz CT molecular complexity index is 220. The average Bonchev–Trinajstić information content (AvgIpc) is 2.73. The van der Waals surface area contributed by atoms with Gasteiger partial charge >= 0.3 is 0 Å². The summed E-state index contributed by atoms with van der Waals surface area (Å²) in [7, 11) is 0. The van der Waals surface area contributed by atoms with Crippen molar-refractivity contribution in [3.63, 3.8) is 0 Å². The highest BCUT2D eigenvalue weighted by molar-refractivity contribution is 5.78. The molecule has 0 saturated heterocycles. The van der Waals surface area contributed by atoms with Gasteiger partial charge in [0.1, 0.15) is 0 Å². The number of amides is 1. The van der Waals surface area contributed by atoms with E-state index in [1.165, 1.54) is 32.1 Å². The molecule has 0 spiro atoms. The van der Waals surface area contributed by atoms with E-state index in [1.54, 1.807) is 0 Å². The average molecular weight is 226 g/mol. The number of rotatable bonds is 6. The van der Waals surface area contributed by atoms with Crippen molar-refractivity contribution in [2.45, 2.75) is 58.9 Å². The minimum atomic E-state index is 0.133. The van der Waals surface area contributed by atoms with Gasteiger partial charge in [-0.05, 0) is 24.7 Å². The summed E-state index contributed by atoms with van der Waals surface area (Å²) in [6.45, 7) is 7.65. The molecular formula is C13H26N2O. The van der Waals surface area contributed by atoms with Gasteiger partial charge in [0, 0.05) is 12.6 Å². The van der Waals surface area contributed by atoms with E-state index in [4.69, 9.17) is 0 Å². The van der Waals surface area contributed by atoms with Crippen LogP contribution in [0, 0.1) is 5.41 Å². The van der Waals surface area contributed by atoms with Crippen LogP contribution in [-0.4, -0.2) is 25.0 Å². The molecule has 3 heteroatoms. The Hall–Kier alpha value is -0.570. The molecule has 0 aromatic heterocycles. The molecule has 0 aliphatic heterocycles. The third-order valence-corrected chi connectivity index (χ3v) is 3.75. The van der Waals surface area contributed by atoms with Gasteiger partial charge in [0.05, 0.1) is 6.54 Å². The van der Waals surface area contributed by atoms with Crippen molar-refractivity contribution in [3.8, 4) is 0 Å². The molecule has 94 valence electrons. The number of hydrogen-bond acceptors (Lipinski definition) is 2. The van der Waals surface area contributed by atoms with Crippen molar-refractivity contribution >= 4 is 5.91 Å². The number of nitrogens with one attached hydrogen (secondary N) is 2. The Balaban J connectivity index is 2.24. The van der Waals surface area contributed by atoms with Crippen molar-refractivity contribution in [1.82, 2.24) is 10.6 Å². The zero-order valence-electron chi connectivity index (χ0n) is 10.9. The lowest BCUT2D eigenvalue weighted by atomic mass is 9.83. The fraction of sp³-hybridized carbons (Fsp3) is 0.923. The van der Waals surface area contributed by atoms with Crippen molar-refractivity contribution in [1.29, 1.82) is 0 Å². The molecule has 0 unspecified atom stereocenters. The Morgan fingerprint density at radius 3 is 2.44 bits per heavy atom. The van der Waals surface area contributed by atoms with Crippen LogP contribution in [0.25, 0.3) is 0 Å². The maximum atomic E-state index is 11.6. The van der Waals surface area contributed by atoms with Crippen LogP contribution in [0.15, 0.2) is 0 Å². The van der Waals surface area contributed by atoms with E-state index >= 15 is 0 Å². The molecule has 1 aliphatic carbocycles. The first-order chi connectivity index (χ1) is 7.58. The summed E-state index contributed by atoms with van der Waals surface area (Å²) < 4.78 is 0. The van der Waals surface area contributed by atoms with E-state index in [9.17, 15) is 4.79 Å². The SMILES string of the molecule is CCC1(CNC(=O)CNC(C)C)CCCC1. The van der Waals surface area contributed by atoms with E-state index in [2.05, 4.69) is 31.4 Å². The largest absolute Gasteiger partial charge is 0.354 e. The highest BCUT2D eigenvalue weighted by atomic mass is 16.1. The standard InChI is InChI=1S/C13H26N2O/c1-4-13(7-5-6-8-13)10-15-12(16)9-14-11(2)3/h11,14H,4-10H2,1-3H3,(H,15,16). The normalized spacial score (nSPS) is 19.0. The maximum Gasteiger partial charge on any atom is 0.233 e. The van der Waals surface area contributed by atoms with Gasteiger partial charge in [-0.25, -0.2) is 0 Å². The fourth-order valence-electron chi connectivity index (χ4n) is 2.43. The highest BCUT2D eigenvalue weighted by Crippen LogP contribution is 2.40. The molecular weight excluding hydrogens is 200 g/mol. The number of carbonyl (C=O) groups excluding carboxylic acids is 1. The molecule has 0 aromatic rings. The smallest absolute Gasteiger partial charge is 0.233 e. The lowest BCUT2D eigenvalue weighted by Crippen LogP contribution is -2.41. The van der Waals surface area contributed by atoms with Crippen LogP contribution in [-0.2, 0) is 4.79 Å². The molecule has 3 nitrogen and oxygen atoms in total. The molecule has 1 amide bonds. The summed E-state index contributed by atoms with van der Waals surface area (Å²) in [5.41, 5.74) is 0.396. The van der Waals surface area contributed by atoms with Gasteiger partial charge < -0.3 is 10.6 Å². The summed E-state index contributed by atoms with van der Waals surface area (Å²) in [5, 5.41) is 6.21. The van der Waals surface area contributed by atoms with Crippen molar-refractivity contribution in [3.05, 3.63) is 0 Å². The lowest BCUT2D eigenvalue weighted by molar-refractivity contribution is -0.120. The van der Waals surface area contributed by atoms with Gasteiger partial charge in [-0.15, -0.1) is 0 Å². The van der Waals surface area contributed by atoms with Gasteiger partial charge in [0.2, 0.25) is 5.91 Å². The second kappa shape index (κ2) is 6.24. The summed E-state index contributed by atoms with van der Waals surface area (Å²) in [5.74, 6) is 0.133. The van der Waals surface area contributed by atoms with Crippen LogP contribution in [0.3, 0.4) is 0 Å². The molecule has 0 aromatic carbocycles. The first-order valence-electron chi connectivity index (χ1n) is 6.58. The van der Waals surface area contributed by atoms with Gasteiger partial charge in [0.15, 0.2) is 0 Å². The zero-order valence-corrected chi connectivity index (χ0v) is 10.9. The fourth-order valence-corrected chi connectivity index (χ4v) is 2.43. The van der Waals surface area contributed by atoms with Crippen LogP contribution < -0.4 is 10.6 Å². The Morgan fingerprint density at radius 2 is 1.94 bits per heavy atom. The number of carbonyl (C=O) groups is 1. The van der Waals surface area contributed by atoms with E-state index in [1.807, 2.05) is 0 Å². The van der Waals surface area contributed by atoms with Gasteiger partial charge in [-0.1, -0.05) is 33.6 Å². The van der Waals surface area contributed by atoms with Crippen LogP contribution >= 0.6 is 0 Å². The molecule has 0 radical (unpaired) electrons. The minimum absolute atomic E-state index is 0.133. The molecule has 0 atom stereocenters. The van der Waals surface area contributed by atoms with Gasteiger partial charge in [-0.2, -0.15) is 0 Å². The topological polar surface area (TPSA) is 41.1 Å². The van der Waals surface area contributed by atoms with E-state index in [-0.39, 0.29) is 5.91 Å². The van der Waals surface area contributed by atoms with Gasteiger partial charge in [-0.3, -0.25) is 4.79 Å². The number of hydrogen-bond donors (Lipinski definition) is 2. The predicted octanol–water partition coefficient (Wildman–Crippen LogP) is 2.07. The third-order valence-electron chi connectivity index (χ3n) is 3.75. The first-order valence-corrected chi connectivity index (χ1v) is 6.58. The quantitative estimate of drug-likeness (QED) is 0.728. The molecule has 16 heavy (non-hydrogen) atoms. The Morgan fingerprint density at radius 1 is 1.31 bits per heavy atom. The minimum Gasteiger partial charge on any atom is -0.354 e. The van der Waals surface area contributed by atoms with Crippen LogP contribution in [0.2, 0.25) is 0 Å². The van der Waals surface area contributed by atoms with Gasteiger partial charge in [0.25, 0.3) is 0 Å². The Kier molecular flexibility index (Phi) is 5.26. The van der Waals surface area contributed by atoms with E-state index in [0.717, 1.165) is 6.54 Å². The monoisotopic (exact) mass is 226 g/mol. The second-order valence-electron chi connectivity index (χ2n) is 5.37. The highest BCUT2D eigenvalue weighted by Gasteiger charge is 2.31. The van der Waals surface area contributed by atoms with E-state index in [0.29, 0.717) is 18.0 Å². The molecule has 0 heterocycles. The first kappa shape index (κ1) is 13.5. The summed E-state index contributed by atoms with van der Waals surface area (Å²) in [4.78, 5) is 11.6. The van der Waals surface area contributed by atoms with Crippen LogP contribution in [0.5, 0.6) is 0 Å². The van der Waals surface area contributed by atoms with Crippen molar-refractivity contribution in [2.24, 2.45) is 5.41 Å². The molecule has 1 saturated carbocycles. The van der Waals surface area contributed by atoms with Crippen molar-refractivity contribution < 1.29 is 4.79 Å². The second-order valence-corrected chi connectivity index (χ2v) is 5.37. The molecule has 1 aliphatic rings. The zero-order chi connectivity index (χ0) is 12.0. The van der Waals surface area contributed by atoms with Crippen LogP contribution in [0.4, 0.5) is 0 Å². The summed E-state index contributed by atoms with van der Waals surface area (Å²) >= 11 is 0. The maximum absolute atomic E-state index is 11.6. The van der Waals surface area contributed by atoms with E-state index < -0.39 is 0 Å². The Labute approximate surface area is 99.4 Å². The predicted molar refractivity (Wildman–Crippen MR) is 67.3 cm³/mol. The molecule has 1 fully saturated rings. The summed E-state index contributed by atoms with van der Waals surface area (Å²) in [6, 6.07) is 0.373. The van der Waals surface area contributed by atoms with Crippen LogP contribution in [0.1, 0.15) is 52.9 Å². The third kappa shape index (κ3) is 4.12. The van der Waals surface area contributed by atoms with Crippen molar-refractivity contribution in [2.75, 3.05) is 13.1 Å². The molecule has 2 N–H and O–H groups in total. The molecule has 0 bridgehead atoms. The molecule has 1 rings (SSSR count).